The molecular formula is C16H11BrClNO. The van der Waals surface area contributed by atoms with Crippen LogP contribution in [0.1, 0.15) is 5.69 Å². The Labute approximate surface area is 130 Å². The molecule has 3 aromatic rings. The summed E-state index contributed by atoms with van der Waals surface area (Å²) < 4.78 is 6.84. The number of pyridine rings is 1. The van der Waals surface area contributed by atoms with Gasteiger partial charge in [-0.2, -0.15) is 0 Å². The molecule has 4 heteroatoms. The molecule has 1 heterocycles. The summed E-state index contributed by atoms with van der Waals surface area (Å²) in [6.07, 6.45) is 0. The van der Waals surface area contributed by atoms with Gasteiger partial charge in [0.1, 0.15) is 5.75 Å². The predicted octanol–water partition coefficient (Wildman–Crippen LogP) is 5.53. The Bertz CT molecular complexity index is 760. The monoisotopic (exact) mass is 347 g/mol. The molecule has 0 saturated heterocycles. The number of nitrogens with zero attached hydrogens (tertiary/aromatic N) is 1. The topological polar surface area (TPSA) is 22.1 Å². The smallest absolute Gasteiger partial charge is 0.219 e. The lowest BCUT2D eigenvalue weighted by atomic mass is 10.1. The van der Waals surface area contributed by atoms with Crippen molar-refractivity contribution in [2.45, 2.75) is 5.88 Å². The molecule has 100 valence electrons. The van der Waals surface area contributed by atoms with Crippen LogP contribution < -0.4 is 4.74 Å². The highest BCUT2D eigenvalue weighted by atomic mass is 79.9. The summed E-state index contributed by atoms with van der Waals surface area (Å²) >= 11 is 9.24. The summed E-state index contributed by atoms with van der Waals surface area (Å²) in [5.41, 5.74) is 0.800. The van der Waals surface area contributed by atoms with Crippen molar-refractivity contribution >= 4 is 38.3 Å². The maximum absolute atomic E-state index is 5.78. The third-order valence-corrected chi connectivity index (χ3v) is 3.68. The van der Waals surface area contributed by atoms with Crippen LogP contribution in [-0.4, -0.2) is 4.98 Å². The molecule has 0 unspecified atom stereocenters. The van der Waals surface area contributed by atoms with Crippen LogP contribution in [0, 0.1) is 0 Å². The van der Waals surface area contributed by atoms with Crippen molar-refractivity contribution in [2.75, 3.05) is 0 Å². The Hall–Kier alpha value is -1.58. The van der Waals surface area contributed by atoms with E-state index in [1.807, 2.05) is 42.5 Å². The van der Waals surface area contributed by atoms with Crippen molar-refractivity contribution in [2.24, 2.45) is 0 Å². The summed E-state index contributed by atoms with van der Waals surface area (Å²) in [5, 5.41) is 2.29. The van der Waals surface area contributed by atoms with Gasteiger partial charge in [-0.3, -0.25) is 0 Å². The minimum Gasteiger partial charge on any atom is -0.439 e. The van der Waals surface area contributed by atoms with Crippen LogP contribution in [-0.2, 0) is 5.88 Å². The van der Waals surface area contributed by atoms with Crippen molar-refractivity contribution in [3.05, 3.63) is 64.8 Å². The van der Waals surface area contributed by atoms with Crippen LogP contribution in [0.4, 0.5) is 0 Å². The van der Waals surface area contributed by atoms with Gasteiger partial charge in [-0.15, -0.1) is 11.6 Å². The van der Waals surface area contributed by atoms with Crippen molar-refractivity contribution in [1.29, 1.82) is 0 Å². The first-order chi connectivity index (χ1) is 9.74. The SMILES string of the molecule is ClCc1cccc(Oc2ccc3cc(Br)ccc3c2)n1. The van der Waals surface area contributed by atoms with E-state index in [0.717, 1.165) is 26.7 Å². The van der Waals surface area contributed by atoms with E-state index in [0.29, 0.717) is 11.8 Å². The molecule has 20 heavy (non-hydrogen) atoms. The second-order valence-electron chi connectivity index (χ2n) is 4.36. The van der Waals surface area contributed by atoms with E-state index in [9.17, 15) is 0 Å². The molecule has 0 atom stereocenters. The second kappa shape index (κ2) is 5.81. The quantitative estimate of drug-likeness (QED) is 0.581. The maximum Gasteiger partial charge on any atom is 0.219 e. The number of hydrogen-bond acceptors (Lipinski definition) is 2. The highest BCUT2D eigenvalue weighted by Crippen LogP contribution is 2.26. The molecule has 1 aromatic heterocycles. The Kier molecular flexibility index (Phi) is 3.90. The van der Waals surface area contributed by atoms with Gasteiger partial charge in [-0.1, -0.05) is 34.1 Å². The van der Waals surface area contributed by atoms with Gasteiger partial charge < -0.3 is 4.74 Å². The minimum absolute atomic E-state index is 0.378. The number of benzene rings is 2. The van der Waals surface area contributed by atoms with Gasteiger partial charge in [0.2, 0.25) is 5.88 Å². The summed E-state index contributed by atoms with van der Waals surface area (Å²) in [4.78, 5) is 4.32. The van der Waals surface area contributed by atoms with E-state index in [4.69, 9.17) is 16.3 Å². The van der Waals surface area contributed by atoms with Crippen LogP contribution in [0.25, 0.3) is 10.8 Å². The average molecular weight is 349 g/mol. The molecule has 0 aliphatic heterocycles. The maximum atomic E-state index is 5.78. The van der Waals surface area contributed by atoms with Crippen molar-refractivity contribution in [1.82, 2.24) is 4.98 Å². The highest BCUT2D eigenvalue weighted by molar-refractivity contribution is 9.10. The van der Waals surface area contributed by atoms with E-state index >= 15 is 0 Å². The first kappa shape index (κ1) is 13.4. The molecule has 3 rings (SSSR count). The molecule has 0 aliphatic carbocycles. The Morgan fingerprint density at radius 2 is 1.80 bits per heavy atom. The molecule has 0 spiro atoms. The number of aromatic nitrogens is 1. The fourth-order valence-electron chi connectivity index (χ4n) is 1.97. The zero-order valence-electron chi connectivity index (χ0n) is 10.5. The van der Waals surface area contributed by atoms with Gasteiger partial charge in [0.15, 0.2) is 0 Å². The molecule has 0 saturated carbocycles. The fraction of sp³-hybridized carbons (Fsp3) is 0.0625. The van der Waals surface area contributed by atoms with Crippen molar-refractivity contribution in [3.8, 4) is 11.6 Å². The van der Waals surface area contributed by atoms with Gasteiger partial charge in [-0.25, -0.2) is 4.98 Å². The molecule has 0 fully saturated rings. The van der Waals surface area contributed by atoms with Crippen LogP contribution in [0.2, 0.25) is 0 Å². The van der Waals surface area contributed by atoms with Gasteiger partial charge in [0, 0.05) is 10.5 Å². The molecule has 0 bridgehead atoms. The van der Waals surface area contributed by atoms with E-state index in [1.54, 1.807) is 0 Å². The largest absolute Gasteiger partial charge is 0.439 e. The van der Waals surface area contributed by atoms with Gasteiger partial charge in [0.05, 0.1) is 11.6 Å². The zero-order valence-corrected chi connectivity index (χ0v) is 12.9. The Morgan fingerprint density at radius 3 is 2.65 bits per heavy atom. The Balaban J connectivity index is 1.92. The zero-order chi connectivity index (χ0) is 13.9. The number of hydrogen-bond donors (Lipinski definition) is 0. The Morgan fingerprint density at radius 1 is 1.00 bits per heavy atom. The third-order valence-electron chi connectivity index (χ3n) is 2.91. The minimum atomic E-state index is 0.378. The first-order valence-corrected chi connectivity index (χ1v) is 7.46. The van der Waals surface area contributed by atoms with E-state index in [2.05, 4.69) is 33.0 Å². The molecule has 0 aliphatic rings. The normalized spacial score (nSPS) is 10.7. The molecule has 0 radical (unpaired) electrons. The lowest BCUT2D eigenvalue weighted by Crippen LogP contribution is -1.91. The number of halogens is 2. The van der Waals surface area contributed by atoms with Gasteiger partial charge >= 0.3 is 0 Å². The lowest BCUT2D eigenvalue weighted by molar-refractivity contribution is 0.462. The first-order valence-electron chi connectivity index (χ1n) is 6.14. The second-order valence-corrected chi connectivity index (χ2v) is 5.54. The highest BCUT2D eigenvalue weighted by Gasteiger charge is 2.02. The summed E-state index contributed by atoms with van der Waals surface area (Å²) in [6.45, 7) is 0. The van der Waals surface area contributed by atoms with Crippen molar-refractivity contribution in [3.63, 3.8) is 0 Å². The standard InChI is InChI=1S/C16H11BrClNO/c17-13-6-4-12-9-15(7-5-11(12)8-13)20-16-3-1-2-14(10-18)19-16/h1-9H,10H2. The van der Waals surface area contributed by atoms with Crippen molar-refractivity contribution < 1.29 is 4.74 Å². The van der Waals surface area contributed by atoms with E-state index in [-0.39, 0.29) is 0 Å². The summed E-state index contributed by atoms with van der Waals surface area (Å²) in [7, 11) is 0. The van der Waals surface area contributed by atoms with Gasteiger partial charge in [0.25, 0.3) is 0 Å². The number of fused-ring (bicyclic) bond motifs is 1. The fourth-order valence-corrected chi connectivity index (χ4v) is 2.50. The summed E-state index contributed by atoms with van der Waals surface area (Å²) in [6, 6.07) is 17.7. The number of alkyl halides is 1. The van der Waals surface area contributed by atoms with Crippen LogP contribution >= 0.6 is 27.5 Å². The van der Waals surface area contributed by atoms with Crippen LogP contribution in [0.5, 0.6) is 11.6 Å². The van der Waals surface area contributed by atoms with Crippen LogP contribution in [0.3, 0.4) is 0 Å². The number of ether oxygens (including phenoxy) is 1. The lowest BCUT2D eigenvalue weighted by Gasteiger charge is -2.07. The van der Waals surface area contributed by atoms with E-state index in [1.165, 1.54) is 0 Å². The molecule has 0 N–H and O–H groups in total. The molecule has 2 aromatic carbocycles. The molecular weight excluding hydrogens is 338 g/mol. The average Bonchev–Trinajstić information content (AvgIpc) is 2.47. The van der Waals surface area contributed by atoms with Crippen LogP contribution in [0.15, 0.2) is 59.1 Å². The predicted molar refractivity (Wildman–Crippen MR) is 85.5 cm³/mol. The molecule has 0 amide bonds. The van der Waals surface area contributed by atoms with Gasteiger partial charge in [-0.05, 0) is 41.1 Å². The number of rotatable bonds is 3. The molecule has 2 nitrogen and oxygen atoms in total. The summed E-state index contributed by atoms with van der Waals surface area (Å²) in [5.74, 6) is 1.70. The third kappa shape index (κ3) is 2.94. The van der Waals surface area contributed by atoms with E-state index < -0.39 is 0 Å².